The van der Waals surface area contributed by atoms with Crippen LogP contribution < -0.4 is 14.0 Å². The van der Waals surface area contributed by atoms with Crippen molar-refractivity contribution in [2.45, 2.75) is 55.7 Å². The molecule has 0 atom stereocenters. The van der Waals surface area contributed by atoms with Crippen LogP contribution in [0.5, 0.6) is 5.75 Å². The Morgan fingerprint density at radius 1 is 0.915 bits per heavy atom. The van der Waals surface area contributed by atoms with Crippen LogP contribution in [0.15, 0.2) is 95.9 Å². The summed E-state index contributed by atoms with van der Waals surface area (Å²) in [5.41, 5.74) is 0.341. The second-order valence-electron chi connectivity index (χ2n) is 12.2. The molecule has 0 unspecified atom stereocenters. The van der Waals surface area contributed by atoms with Gasteiger partial charge in [0.1, 0.15) is 17.3 Å². The summed E-state index contributed by atoms with van der Waals surface area (Å²) in [6.07, 6.45) is -4.40. The number of carbonyl (C=O) groups is 1. The van der Waals surface area contributed by atoms with Crippen molar-refractivity contribution in [3.05, 3.63) is 114 Å². The zero-order valence-electron chi connectivity index (χ0n) is 26.2. The molecule has 0 bridgehead atoms. The highest BCUT2D eigenvalue weighted by Gasteiger charge is 2.40. The topological polar surface area (TPSA) is 95.9 Å². The molecule has 4 aromatic rings. The van der Waals surface area contributed by atoms with Crippen LogP contribution in [0.2, 0.25) is 18.1 Å². The minimum Gasteiger partial charge on any atom is -0.542 e. The van der Waals surface area contributed by atoms with Crippen LogP contribution >= 0.6 is 11.8 Å². The predicted molar refractivity (Wildman–Crippen MR) is 180 cm³/mol. The van der Waals surface area contributed by atoms with Gasteiger partial charge in [-0.15, -0.1) is 11.8 Å². The number of carbonyl (C=O) groups excluding carboxylic acids is 1. The molecule has 1 amide bonds. The van der Waals surface area contributed by atoms with Gasteiger partial charge >= 0.3 is 16.5 Å². The molecule has 0 aliphatic rings. The van der Waals surface area contributed by atoms with Crippen molar-refractivity contribution >= 4 is 53.4 Å². The van der Waals surface area contributed by atoms with Gasteiger partial charge in [0.05, 0.1) is 11.3 Å². The number of hydrogen-bond donors (Lipinski definition) is 2. The first-order chi connectivity index (χ1) is 21.7. The SMILES string of the molecule is CC(C)(C)[Si](C)(C)Oc1ccc(NC(=O)c2ccc(SCc3ccc(C(F)(F)F)cc3)cc2)cc1N(c1ccc(F)cc1)S(=O)(=O)O. The Bertz CT molecular complexity index is 1830. The van der Waals surface area contributed by atoms with Gasteiger partial charge in [-0.1, -0.05) is 32.9 Å². The number of anilines is 3. The minimum absolute atomic E-state index is 0.0539. The third-order valence-electron chi connectivity index (χ3n) is 7.70. The van der Waals surface area contributed by atoms with E-state index >= 15 is 0 Å². The Morgan fingerprint density at radius 2 is 1.51 bits per heavy atom. The van der Waals surface area contributed by atoms with Crippen molar-refractivity contribution in [3.8, 4) is 5.75 Å². The van der Waals surface area contributed by atoms with Crippen molar-refractivity contribution in [2.75, 3.05) is 9.62 Å². The number of rotatable bonds is 10. The minimum atomic E-state index is -4.95. The fourth-order valence-corrected chi connectivity index (χ4v) is 6.77. The molecule has 0 saturated heterocycles. The van der Waals surface area contributed by atoms with Crippen LogP contribution in [-0.2, 0) is 22.2 Å². The van der Waals surface area contributed by atoms with Gasteiger partial charge < -0.3 is 9.74 Å². The number of hydrogen-bond acceptors (Lipinski definition) is 5. The molecule has 4 rings (SSSR count). The third-order valence-corrected chi connectivity index (χ3v) is 14.0. The summed E-state index contributed by atoms with van der Waals surface area (Å²) in [5.74, 6) is -0.542. The number of amides is 1. The summed E-state index contributed by atoms with van der Waals surface area (Å²) in [5, 5.41) is 2.47. The predicted octanol–water partition coefficient (Wildman–Crippen LogP) is 9.71. The summed E-state index contributed by atoms with van der Waals surface area (Å²) >= 11 is 1.39. The molecule has 2 N–H and O–H groups in total. The largest absolute Gasteiger partial charge is 0.542 e. The van der Waals surface area contributed by atoms with E-state index < -0.39 is 42.1 Å². The summed E-state index contributed by atoms with van der Waals surface area (Å²) in [4.78, 5) is 14.0. The van der Waals surface area contributed by atoms with Gasteiger partial charge in [0.25, 0.3) is 14.2 Å². The number of halogens is 4. The van der Waals surface area contributed by atoms with Crippen LogP contribution in [0.1, 0.15) is 42.3 Å². The Balaban J connectivity index is 1.58. The van der Waals surface area contributed by atoms with Gasteiger partial charge in [-0.25, -0.2) is 8.70 Å². The van der Waals surface area contributed by atoms with Crippen LogP contribution in [-0.4, -0.2) is 27.2 Å². The van der Waals surface area contributed by atoms with E-state index in [2.05, 4.69) is 5.32 Å². The van der Waals surface area contributed by atoms with Gasteiger partial charge in [-0.2, -0.15) is 21.6 Å². The lowest BCUT2D eigenvalue weighted by Gasteiger charge is -2.37. The summed E-state index contributed by atoms with van der Waals surface area (Å²) in [6, 6.07) is 20.4. The molecular weight excluding hydrogens is 673 g/mol. The molecule has 250 valence electrons. The van der Waals surface area contributed by atoms with E-state index in [-0.39, 0.29) is 33.4 Å². The van der Waals surface area contributed by atoms with E-state index in [1.54, 1.807) is 30.3 Å². The Labute approximate surface area is 277 Å². The number of benzene rings is 4. The monoisotopic (exact) mass is 706 g/mol. The average Bonchev–Trinajstić information content (AvgIpc) is 2.97. The Kier molecular flexibility index (Phi) is 10.5. The normalized spacial score (nSPS) is 12.5. The van der Waals surface area contributed by atoms with Crippen molar-refractivity contribution in [1.82, 2.24) is 0 Å². The zero-order chi connectivity index (χ0) is 34.8. The fraction of sp³-hybridized carbons (Fsp3) is 0.242. The van der Waals surface area contributed by atoms with Gasteiger partial charge in [0.15, 0.2) is 0 Å². The van der Waals surface area contributed by atoms with Crippen molar-refractivity contribution in [1.29, 1.82) is 0 Å². The van der Waals surface area contributed by atoms with Crippen LogP contribution in [0, 0.1) is 5.82 Å². The van der Waals surface area contributed by atoms with E-state index in [0.29, 0.717) is 15.6 Å². The van der Waals surface area contributed by atoms with Gasteiger partial charge in [0.2, 0.25) is 0 Å². The molecule has 7 nitrogen and oxygen atoms in total. The molecular formula is C33H34F4N2O5S2Si. The Morgan fingerprint density at radius 3 is 2.04 bits per heavy atom. The standard InChI is InChI=1S/C33H34F4N2O5S2Si/c1-32(2,3)47(4,5)44-30-19-14-26(20-29(30)39(46(41,42)43)27-15-12-25(34)13-16-27)38-31(40)23-8-17-28(18-9-23)45-21-22-6-10-24(11-7-22)33(35,36)37/h6-20H,21H2,1-5H3,(H,38,40)(H,41,42,43). The molecule has 0 saturated carbocycles. The molecule has 0 fully saturated rings. The number of nitrogens with zero attached hydrogens (tertiary/aromatic N) is 1. The van der Waals surface area contributed by atoms with Crippen molar-refractivity contribution in [3.63, 3.8) is 0 Å². The van der Waals surface area contributed by atoms with Crippen molar-refractivity contribution < 1.29 is 39.8 Å². The molecule has 0 radical (unpaired) electrons. The maximum atomic E-state index is 13.7. The van der Waals surface area contributed by atoms with E-state index in [1.807, 2.05) is 33.9 Å². The van der Waals surface area contributed by atoms with Crippen LogP contribution in [0.4, 0.5) is 34.6 Å². The molecule has 0 aromatic heterocycles. The highest BCUT2D eigenvalue weighted by atomic mass is 32.2. The van der Waals surface area contributed by atoms with E-state index in [4.69, 9.17) is 4.43 Å². The summed E-state index contributed by atoms with van der Waals surface area (Å²) in [7, 11) is -7.49. The molecule has 4 aromatic carbocycles. The lowest BCUT2D eigenvalue weighted by molar-refractivity contribution is -0.137. The first-order valence-corrected chi connectivity index (χ1v) is 19.6. The maximum Gasteiger partial charge on any atom is 0.416 e. The first kappa shape index (κ1) is 36.0. The van der Waals surface area contributed by atoms with Crippen molar-refractivity contribution in [2.24, 2.45) is 0 Å². The molecule has 47 heavy (non-hydrogen) atoms. The molecule has 0 heterocycles. The van der Waals surface area contributed by atoms with Gasteiger partial charge in [0, 0.05) is 21.9 Å². The average molecular weight is 707 g/mol. The Hall–Kier alpha value is -3.85. The van der Waals surface area contributed by atoms with Gasteiger partial charge in [-0.3, -0.25) is 9.35 Å². The lowest BCUT2D eigenvalue weighted by atomic mass is 10.1. The fourth-order valence-electron chi connectivity index (χ4n) is 4.10. The first-order valence-electron chi connectivity index (χ1n) is 14.3. The summed E-state index contributed by atoms with van der Waals surface area (Å²) in [6.45, 7) is 9.95. The zero-order valence-corrected chi connectivity index (χ0v) is 28.9. The van der Waals surface area contributed by atoms with E-state index in [0.717, 1.165) is 29.2 Å². The molecule has 0 aliphatic heterocycles. The second kappa shape index (κ2) is 13.7. The quantitative estimate of drug-likeness (QED) is 0.0738. The number of thioether (sulfide) groups is 1. The second-order valence-corrected chi connectivity index (χ2v) is 19.3. The highest BCUT2D eigenvalue weighted by Crippen LogP contribution is 2.43. The van der Waals surface area contributed by atoms with Crippen LogP contribution in [0.25, 0.3) is 0 Å². The maximum absolute atomic E-state index is 13.7. The van der Waals surface area contributed by atoms with E-state index in [9.17, 15) is 35.3 Å². The van der Waals surface area contributed by atoms with Gasteiger partial charge in [-0.05, 0) is 103 Å². The molecule has 14 heteroatoms. The third kappa shape index (κ3) is 9.15. The number of alkyl halides is 3. The van der Waals surface area contributed by atoms with Crippen LogP contribution in [0.3, 0.4) is 0 Å². The smallest absolute Gasteiger partial charge is 0.416 e. The van der Waals surface area contributed by atoms with E-state index in [1.165, 1.54) is 48.2 Å². The summed E-state index contributed by atoms with van der Waals surface area (Å²) < 4.78 is 95.0. The highest BCUT2D eigenvalue weighted by molar-refractivity contribution is 7.98. The molecule has 0 spiro atoms. The molecule has 0 aliphatic carbocycles. The number of nitrogens with one attached hydrogen (secondary N) is 1. The lowest BCUT2D eigenvalue weighted by Crippen LogP contribution is -2.44.